The lowest BCUT2D eigenvalue weighted by Gasteiger charge is -2.17. The zero-order valence-corrected chi connectivity index (χ0v) is 11.9. The number of hydrogen-bond donors (Lipinski definition) is 0. The first-order chi connectivity index (χ1) is 9.16. The number of allylic oxidation sites excluding steroid dienone is 1. The minimum absolute atomic E-state index is 0.0582. The van der Waals surface area contributed by atoms with Crippen LogP contribution in [0.4, 0.5) is 0 Å². The van der Waals surface area contributed by atoms with E-state index in [9.17, 15) is 4.79 Å². The fraction of sp³-hybridized carbons (Fsp3) is 0.471. The molecule has 0 atom stereocenters. The van der Waals surface area contributed by atoms with Crippen LogP contribution in [0, 0.1) is 5.92 Å². The van der Waals surface area contributed by atoms with E-state index in [1.165, 1.54) is 37.7 Å². The maximum Gasteiger partial charge on any atom is 0.253 e. The lowest BCUT2D eigenvalue weighted by Crippen LogP contribution is -2.21. The SMILES string of the molecule is CN(C)C(=O)c1ccc(/C=C/C2CCCCC2)cc1. The Hall–Kier alpha value is -1.57. The molecular formula is C17H23NO. The van der Waals surface area contributed by atoms with Crippen LogP contribution in [0.15, 0.2) is 30.3 Å². The number of amides is 1. The van der Waals surface area contributed by atoms with Crippen molar-refractivity contribution in [1.82, 2.24) is 4.90 Å². The van der Waals surface area contributed by atoms with Gasteiger partial charge >= 0.3 is 0 Å². The molecule has 1 aliphatic carbocycles. The third kappa shape index (κ3) is 3.95. The highest BCUT2D eigenvalue weighted by atomic mass is 16.2. The Labute approximate surface area is 116 Å². The van der Waals surface area contributed by atoms with Gasteiger partial charge in [0.2, 0.25) is 0 Å². The Morgan fingerprint density at radius 3 is 2.32 bits per heavy atom. The van der Waals surface area contributed by atoms with E-state index in [-0.39, 0.29) is 5.91 Å². The van der Waals surface area contributed by atoms with Crippen LogP contribution in [0.1, 0.15) is 48.0 Å². The molecule has 1 aromatic carbocycles. The average molecular weight is 257 g/mol. The summed E-state index contributed by atoms with van der Waals surface area (Å²) in [7, 11) is 3.55. The lowest BCUT2D eigenvalue weighted by atomic mass is 9.89. The molecule has 0 radical (unpaired) electrons. The second kappa shape index (κ2) is 6.55. The molecule has 19 heavy (non-hydrogen) atoms. The molecule has 1 saturated carbocycles. The number of rotatable bonds is 3. The van der Waals surface area contributed by atoms with Crippen LogP contribution in [0.25, 0.3) is 6.08 Å². The number of nitrogens with zero attached hydrogens (tertiary/aromatic N) is 1. The summed E-state index contributed by atoms with van der Waals surface area (Å²) in [6.45, 7) is 0. The number of hydrogen-bond acceptors (Lipinski definition) is 1. The fourth-order valence-corrected chi connectivity index (χ4v) is 2.57. The van der Waals surface area contributed by atoms with Gasteiger partial charge in [-0.25, -0.2) is 0 Å². The van der Waals surface area contributed by atoms with Gasteiger partial charge in [0.1, 0.15) is 0 Å². The molecule has 0 aromatic heterocycles. The van der Waals surface area contributed by atoms with Gasteiger partial charge in [-0.1, -0.05) is 43.5 Å². The maximum atomic E-state index is 11.8. The van der Waals surface area contributed by atoms with E-state index in [0.717, 1.165) is 11.5 Å². The molecule has 2 nitrogen and oxygen atoms in total. The highest BCUT2D eigenvalue weighted by Gasteiger charge is 2.10. The monoisotopic (exact) mass is 257 g/mol. The second-order valence-electron chi connectivity index (χ2n) is 5.58. The number of carbonyl (C=O) groups excluding carboxylic acids is 1. The molecule has 102 valence electrons. The molecule has 1 amide bonds. The van der Waals surface area contributed by atoms with Gasteiger partial charge in [-0.05, 0) is 36.5 Å². The summed E-state index contributed by atoms with van der Waals surface area (Å²) < 4.78 is 0. The molecule has 0 N–H and O–H groups in total. The molecule has 0 bridgehead atoms. The minimum Gasteiger partial charge on any atom is -0.345 e. The van der Waals surface area contributed by atoms with E-state index in [1.54, 1.807) is 19.0 Å². The molecular weight excluding hydrogens is 234 g/mol. The first kappa shape index (κ1) is 13.9. The van der Waals surface area contributed by atoms with Crippen LogP contribution in [0.5, 0.6) is 0 Å². The standard InChI is InChI=1S/C17H23NO/c1-18(2)17(19)16-12-10-15(11-13-16)9-8-14-6-4-3-5-7-14/h8-14H,3-7H2,1-2H3/b9-8+. The summed E-state index contributed by atoms with van der Waals surface area (Å²) in [6, 6.07) is 7.86. The molecule has 1 aromatic rings. The molecule has 2 heteroatoms. The zero-order valence-electron chi connectivity index (χ0n) is 11.9. The smallest absolute Gasteiger partial charge is 0.253 e. The molecule has 0 spiro atoms. The number of carbonyl (C=O) groups is 1. The summed E-state index contributed by atoms with van der Waals surface area (Å²) in [5.74, 6) is 0.805. The molecule has 0 heterocycles. The van der Waals surface area contributed by atoms with Gasteiger partial charge in [-0.2, -0.15) is 0 Å². The molecule has 2 rings (SSSR count). The average Bonchev–Trinajstić information content (AvgIpc) is 2.46. The summed E-state index contributed by atoms with van der Waals surface area (Å²) in [4.78, 5) is 13.4. The van der Waals surface area contributed by atoms with E-state index in [4.69, 9.17) is 0 Å². The van der Waals surface area contributed by atoms with Gasteiger partial charge in [0.15, 0.2) is 0 Å². The van der Waals surface area contributed by atoms with E-state index in [1.807, 2.05) is 24.3 Å². The zero-order chi connectivity index (χ0) is 13.7. The van der Waals surface area contributed by atoms with Gasteiger partial charge in [0.05, 0.1) is 0 Å². The Morgan fingerprint density at radius 2 is 1.74 bits per heavy atom. The van der Waals surface area contributed by atoms with E-state index >= 15 is 0 Å². The lowest BCUT2D eigenvalue weighted by molar-refractivity contribution is 0.0827. The van der Waals surface area contributed by atoms with Crippen molar-refractivity contribution in [2.45, 2.75) is 32.1 Å². The molecule has 0 unspecified atom stereocenters. The summed E-state index contributed by atoms with van der Waals surface area (Å²) in [5.41, 5.74) is 1.93. The molecule has 0 aliphatic heterocycles. The van der Waals surface area contributed by atoms with Crippen LogP contribution >= 0.6 is 0 Å². The van der Waals surface area contributed by atoms with Crippen molar-refractivity contribution in [3.63, 3.8) is 0 Å². The van der Waals surface area contributed by atoms with Crippen molar-refractivity contribution >= 4 is 12.0 Å². The van der Waals surface area contributed by atoms with Crippen LogP contribution in [0.2, 0.25) is 0 Å². The number of benzene rings is 1. The Balaban J connectivity index is 1.98. The normalized spacial score (nSPS) is 16.7. The molecule has 1 fully saturated rings. The van der Waals surface area contributed by atoms with Crippen LogP contribution in [0.3, 0.4) is 0 Å². The second-order valence-corrected chi connectivity index (χ2v) is 5.58. The van der Waals surface area contributed by atoms with Crippen LogP contribution in [-0.4, -0.2) is 24.9 Å². The van der Waals surface area contributed by atoms with Crippen molar-refractivity contribution in [3.8, 4) is 0 Å². The van der Waals surface area contributed by atoms with Gasteiger partial charge in [0.25, 0.3) is 5.91 Å². The van der Waals surface area contributed by atoms with E-state index in [2.05, 4.69) is 12.2 Å². The predicted octanol–water partition coefficient (Wildman–Crippen LogP) is 3.98. The Bertz CT molecular complexity index is 439. The summed E-state index contributed by atoms with van der Waals surface area (Å²) in [5, 5.41) is 0. The Kier molecular flexibility index (Phi) is 4.78. The van der Waals surface area contributed by atoms with Gasteiger partial charge in [-0.3, -0.25) is 4.79 Å². The van der Waals surface area contributed by atoms with Crippen molar-refractivity contribution in [2.24, 2.45) is 5.92 Å². The highest BCUT2D eigenvalue weighted by Crippen LogP contribution is 2.25. The topological polar surface area (TPSA) is 20.3 Å². The van der Waals surface area contributed by atoms with Crippen LogP contribution in [-0.2, 0) is 0 Å². The first-order valence-electron chi connectivity index (χ1n) is 7.17. The third-order valence-electron chi connectivity index (χ3n) is 3.77. The predicted molar refractivity (Wildman–Crippen MR) is 80.1 cm³/mol. The summed E-state index contributed by atoms with van der Waals surface area (Å²) in [6.07, 6.45) is 11.3. The minimum atomic E-state index is 0.0582. The van der Waals surface area contributed by atoms with Crippen molar-refractivity contribution in [2.75, 3.05) is 14.1 Å². The maximum absolute atomic E-state index is 11.8. The fourth-order valence-electron chi connectivity index (χ4n) is 2.57. The van der Waals surface area contributed by atoms with Gasteiger partial charge in [-0.15, -0.1) is 0 Å². The van der Waals surface area contributed by atoms with E-state index < -0.39 is 0 Å². The van der Waals surface area contributed by atoms with Gasteiger partial charge < -0.3 is 4.90 Å². The van der Waals surface area contributed by atoms with Crippen molar-refractivity contribution < 1.29 is 4.79 Å². The largest absolute Gasteiger partial charge is 0.345 e. The van der Waals surface area contributed by atoms with Gasteiger partial charge in [0, 0.05) is 19.7 Å². The first-order valence-corrected chi connectivity index (χ1v) is 7.17. The van der Waals surface area contributed by atoms with Crippen LogP contribution < -0.4 is 0 Å². The highest BCUT2D eigenvalue weighted by molar-refractivity contribution is 5.94. The molecule has 1 aliphatic rings. The molecule has 0 saturated heterocycles. The Morgan fingerprint density at radius 1 is 1.11 bits per heavy atom. The third-order valence-corrected chi connectivity index (χ3v) is 3.77. The van der Waals surface area contributed by atoms with Crippen molar-refractivity contribution in [3.05, 3.63) is 41.5 Å². The van der Waals surface area contributed by atoms with Crippen molar-refractivity contribution in [1.29, 1.82) is 0 Å². The quantitative estimate of drug-likeness (QED) is 0.802. The summed E-state index contributed by atoms with van der Waals surface area (Å²) >= 11 is 0. The van der Waals surface area contributed by atoms with E-state index in [0.29, 0.717) is 0 Å².